The maximum absolute atomic E-state index is 12.8. The van der Waals surface area contributed by atoms with E-state index in [9.17, 15) is 18.4 Å². The molecule has 128 valence electrons. The van der Waals surface area contributed by atoms with Gasteiger partial charge < -0.3 is 4.57 Å². The van der Waals surface area contributed by atoms with Crippen molar-refractivity contribution in [2.75, 3.05) is 0 Å². The first kappa shape index (κ1) is 19.9. The highest BCUT2D eigenvalue weighted by Gasteiger charge is 2.32. The molecule has 0 bridgehead atoms. The number of alkyl halides is 5. The van der Waals surface area contributed by atoms with Crippen molar-refractivity contribution >= 4 is 69.8 Å². The van der Waals surface area contributed by atoms with Gasteiger partial charge in [-0.3, -0.25) is 0 Å². The highest BCUT2D eigenvalue weighted by molar-refractivity contribution is 8.02. The van der Waals surface area contributed by atoms with E-state index in [0.29, 0.717) is 4.90 Å². The Kier molecular flexibility index (Phi) is 6.17. The molecule has 1 aromatic heterocycles. The summed E-state index contributed by atoms with van der Waals surface area (Å²) in [5.41, 5.74) is -0.929. The van der Waals surface area contributed by atoms with E-state index in [1.54, 1.807) is 0 Å². The number of aromatic nitrogens is 1. The molecule has 24 heavy (non-hydrogen) atoms. The Bertz CT molecular complexity index is 803. The molecule has 2 nitrogen and oxygen atoms in total. The Balaban J connectivity index is 2.65. The van der Waals surface area contributed by atoms with Crippen molar-refractivity contribution in [1.82, 2.24) is 4.57 Å². The molecule has 0 saturated heterocycles. The molecule has 0 atom stereocenters. The molecule has 0 fully saturated rings. The first-order valence-electron chi connectivity index (χ1n) is 5.88. The second-order valence-corrected chi connectivity index (χ2v) is 8.24. The average Bonchev–Trinajstić information content (AvgIpc) is 2.72. The number of nitriles is 1. The highest BCUT2D eigenvalue weighted by atomic mass is 35.5. The fourth-order valence-corrected chi connectivity index (χ4v) is 4.07. The van der Waals surface area contributed by atoms with Crippen molar-refractivity contribution in [1.29, 1.82) is 5.26 Å². The lowest BCUT2D eigenvalue weighted by Crippen LogP contribution is -2.06. The minimum Gasteiger partial charge on any atom is -0.302 e. The standard InChI is InChI=1S/C13H4Cl5F3N2S/c14-7-1-5(13(19,20)21)2-8(15)10(7)23-4-9(24-12(17)18)6(3-22)11(23)16/h1-2,4,12H. The number of hydrogen-bond acceptors (Lipinski definition) is 2. The zero-order valence-electron chi connectivity index (χ0n) is 11.1. The van der Waals surface area contributed by atoms with Gasteiger partial charge in [0, 0.05) is 11.1 Å². The summed E-state index contributed by atoms with van der Waals surface area (Å²) in [5, 5.41) is 8.57. The van der Waals surface area contributed by atoms with Crippen LogP contribution in [0.4, 0.5) is 13.2 Å². The van der Waals surface area contributed by atoms with Crippen LogP contribution < -0.4 is 0 Å². The third-order valence-corrected chi connectivity index (χ3v) is 5.05. The maximum atomic E-state index is 12.8. The highest BCUT2D eigenvalue weighted by Crippen LogP contribution is 2.42. The van der Waals surface area contributed by atoms with Gasteiger partial charge in [0.15, 0.2) is 4.17 Å². The molecule has 0 N–H and O–H groups in total. The second kappa shape index (κ2) is 7.45. The number of thioether (sulfide) groups is 1. The molecule has 11 heteroatoms. The molecule has 2 rings (SSSR count). The minimum absolute atomic E-state index is 0.0142. The van der Waals surface area contributed by atoms with E-state index in [-0.39, 0.29) is 26.4 Å². The van der Waals surface area contributed by atoms with Crippen LogP contribution in [0.15, 0.2) is 23.2 Å². The predicted octanol–water partition coefficient (Wildman–Crippen LogP) is 7.18. The molecule has 0 amide bonds. The number of rotatable bonds is 3. The fraction of sp³-hybridized carbons (Fsp3) is 0.154. The summed E-state index contributed by atoms with van der Waals surface area (Å²) < 4.78 is 38.7. The summed E-state index contributed by atoms with van der Waals surface area (Å²) in [6.45, 7) is 0. The van der Waals surface area contributed by atoms with Gasteiger partial charge in [-0.05, 0) is 12.1 Å². The third kappa shape index (κ3) is 4.04. The van der Waals surface area contributed by atoms with E-state index in [1.807, 2.05) is 6.07 Å². The molecule has 0 unspecified atom stereocenters. The molecule has 0 spiro atoms. The van der Waals surface area contributed by atoms with Crippen LogP contribution >= 0.6 is 69.8 Å². The monoisotopic (exact) mass is 452 g/mol. The van der Waals surface area contributed by atoms with E-state index >= 15 is 0 Å². The lowest BCUT2D eigenvalue weighted by molar-refractivity contribution is -0.137. The quantitative estimate of drug-likeness (QED) is 0.363. The zero-order chi connectivity index (χ0) is 18.2. The molecule has 1 aromatic carbocycles. The number of halogens is 8. The summed E-state index contributed by atoms with van der Waals surface area (Å²) in [4.78, 5) is 0.338. The van der Waals surface area contributed by atoms with Crippen molar-refractivity contribution in [3.8, 4) is 11.8 Å². The van der Waals surface area contributed by atoms with Gasteiger partial charge in [0.1, 0.15) is 16.8 Å². The van der Waals surface area contributed by atoms with Crippen molar-refractivity contribution in [2.45, 2.75) is 15.2 Å². The van der Waals surface area contributed by atoms with E-state index in [4.69, 9.17) is 58.0 Å². The van der Waals surface area contributed by atoms with Crippen LogP contribution in [0.2, 0.25) is 15.2 Å². The van der Waals surface area contributed by atoms with Gasteiger partial charge in [0.05, 0.1) is 21.3 Å². The molecule has 1 heterocycles. The van der Waals surface area contributed by atoms with Gasteiger partial charge in [-0.1, -0.05) is 69.8 Å². The smallest absolute Gasteiger partial charge is 0.302 e. The number of benzene rings is 1. The number of nitrogens with zero attached hydrogens (tertiary/aromatic N) is 2. The molecular weight excluding hydrogens is 450 g/mol. The molecular formula is C13H4Cl5F3N2S. The molecule has 2 aromatic rings. The first-order valence-corrected chi connectivity index (χ1v) is 8.77. The van der Waals surface area contributed by atoms with Crippen LogP contribution in [0, 0.1) is 11.3 Å². The molecule has 0 aliphatic heterocycles. The summed E-state index contributed by atoms with van der Waals surface area (Å²) in [6, 6.07) is 3.33. The topological polar surface area (TPSA) is 28.7 Å². The van der Waals surface area contributed by atoms with Gasteiger partial charge in [-0.15, -0.1) is 0 Å². The van der Waals surface area contributed by atoms with E-state index in [2.05, 4.69) is 0 Å². The van der Waals surface area contributed by atoms with Crippen molar-refractivity contribution in [3.05, 3.63) is 44.7 Å². The van der Waals surface area contributed by atoms with Crippen LogP contribution in [-0.4, -0.2) is 8.74 Å². The summed E-state index contributed by atoms with van der Waals surface area (Å²) >= 11 is 30.3. The van der Waals surface area contributed by atoms with Crippen LogP contribution in [-0.2, 0) is 6.18 Å². The van der Waals surface area contributed by atoms with Crippen LogP contribution in [0.1, 0.15) is 11.1 Å². The van der Waals surface area contributed by atoms with E-state index in [0.717, 1.165) is 23.9 Å². The van der Waals surface area contributed by atoms with Gasteiger partial charge in [-0.25, -0.2) is 0 Å². The summed E-state index contributed by atoms with van der Waals surface area (Å²) in [5.74, 6) is 0. The maximum Gasteiger partial charge on any atom is 0.416 e. The first-order chi connectivity index (χ1) is 11.1. The zero-order valence-corrected chi connectivity index (χ0v) is 15.7. The predicted molar refractivity (Wildman–Crippen MR) is 91.9 cm³/mol. The second-order valence-electron chi connectivity index (χ2n) is 4.31. The lowest BCUT2D eigenvalue weighted by atomic mass is 10.2. The van der Waals surface area contributed by atoms with Gasteiger partial charge in [-0.2, -0.15) is 18.4 Å². The lowest BCUT2D eigenvalue weighted by Gasteiger charge is -2.13. The van der Waals surface area contributed by atoms with Crippen molar-refractivity contribution < 1.29 is 13.2 Å². The summed E-state index contributed by atoms with van der Waals surface area (Å²) in [6.07, 6.45) is -3.22. The third-order valence-electron chi connectivity index (χ3n) is 2.82. The normalized spacial score (nSPS) is 11.8. The molecule has 0 radical (unpaired) electrons. The minimum atomic E-state index is -4.60. The van der Waals surface area contributed by atoms with E-state index in [1.165, 1.54) is 10.8 Å². The number of hydrogen-bond donors (Lipinski definition) is 0. The fourth-order valence-electron chi connectivity index (χ4n) is 1.87. The Labute approximate surface area is 164 Å². The van der Waals surface area contributed by atoms with Gasteiger partial charge in [0.2, 0.25) is 0 Å². The Morgan fingerprint density at radius 3 is 2.08 bits per heavy atom. The SMILES string of the molecule is N#Cc1c(SC(Cl)Cl)cn(-c2c(Cl)cc(C(F)(F)F)cc2Cl)c1Cl. The van der Waals surface area contributed by atoms with Gasteiger partial charge in [0.25, 0.3) is 0 Å². The van der Waals surface area contributed by atoms with Crippen molar-refractivity contribution in [3.63, 3.8) is 0 Å². The Morgan fingerprint density at radius 2 is 1.67 bits per heavy atom. The molecule has 0 aliphatic carbocycles. The van der Waals surface area contributed by atoms with Crippen molar-refractivity contribution in [2.24, 2.45) is 0 Å². The molecule has 0 aliphatic rings. The van der Waals surface area contributed by atoms with Crippen LogP contribution in [0.25, 0.3) is 5.69 Å². The Hall–Kier alpha value is -0.420. The summed E-state index contributed by atoms with van der Waals surface area (Å²) in [7, 11) is 0. The Morgan fingerprint density at radius 1 is 1.12 bits per heavy atom. The average molecular weight is 455 g/mol. The van der Waals surface area contributed by atoms with E-state index < -0.39 is 15.9 Å². The molecule has 0 saturated carbocycles. The van der Waals surface area contributed by atoms with Crippen LogP contribution in [0.3, 0.4) is 0 Å². The largest absolute Gasteiger partial charge is 0.416 e. The van der Waals surface area contributed by atoms with Crippen LogP contribution in [0.5, 0.6) is 0 Å². The van der Waals surface area contributed by atoms with Gasteiger partial charge >= 0.3 is 6.18 Å².